The number of carbonyl (C=O) groups is 1. The molecular weight excluding hydrogens is 322 g/mol. The Morgan fingerprint density at radius 2 is 2.16 bits per heavy atom. The first-order valence-electron chi connectivity index (χ1n) is 8.21. The van der Waals surface area contributed by atoms with Crippen LogP contribution >= 0.6 is 0 Å². The largest absolute Gasteiger partial charge is 0.497 e. The maximum Gasteiger partial charge on any atom is 0.267 e. The van der Waals surface area contributed by atoms with Crippen molar-refractivity contribution in [3.05, 3.63) is 45.4 Å². The van der Waals surface area contributed by atoms with E-state index in [1.54, 1.807) is 14.0 Å². The molecule has 0 aliphatic carbocycles. The molecule has 1 aliphatic rings. The molecule has 0 bridgehead atoms. The Morgan fingerprint density at radius 1 is 1.40 bits per heavy atom. The summed E-state index contributed by atoms with van der Waals surface area (Å²) in [7, 11) is 1.60. The van der Waals surface area contributed by atoms with Gasteiger partial charge in [-0.2, -0.15) is 0 Å². The normalized spacial score (nSPS) is 18.2. The number of hydrogen-bond acceptors (Lipinski definition) is 4. The molecule has 7 nitrogen and oxygen atoms in total. The summed E-state index contributed by atoms with van der Waals surface area (Å²) in [5, 5.41) is 8.26. The van der Waals surface area contributed by atoms with Crippen LogP contribution in [0.15, 0.2) is 23.0 Å². The van der Waals surface area contributed by atoms with Crippen molar-refractivity contribution in [2.75, 3.05) is 7.11 Å². The molecule has 2 heterocycles. The number of aromatic nitrogens is 2. The predicted molar refractivity (Wildman–Crippen MR) is 93.1 cm³/mol. The van der Waals surface area contributed by atoms with E-state index in [0.717, 1.165) is 5.56 Å². The van der Waals surface area contributed by atoms with E-state index < -0.39 is 5.60 Å². The molecule has 1 amide bonds. The Hall–Kier alpha value is -2.70. The van der Waals surface area contributed by atoms with Crippen LogP contribution in [-0.4, -0.2) is 28.8 Å². The van der Waals surface area contributed by atoms with Crippen molar-refractivity contribution in [1.82, 2.24) is 15.5 Å². The number of amides is 1. The van der Waals surface area contributed by atoms with Gasteiger partial charge in [0.1, 0.15) is 17.1 Å². The predicted octanol–water partition coefficient (Wildman–Crippen LogP) is 1.98. The van der Waals surface area contributed by atoms with Gasteiger partial charge in [-0.25, -0.2) is 0 Å². The fraction of sp³-hybridized carbons (Fsp3) is 0.444. The molecule has 3 N–H and O–H groups in total. The number of aryl methyl sites for hydroxylation is 1. The molecule has 3 rings (SSSR count). The minimum Gasteiger partial charge on any atom is -0.497 e. The Kier molecular flexibility index (Phi) is 4.32. The number of carbonyl (C=O) groups excluding carboxylic acids is 1. The molecule has 25 heavy (non-hydrogen) atoms. The Labute approximate surface area is 145 Å². The summed E-state index contributed by atoms with van der Waals surface area (Å²) >= 11 is 0. The molecule has 2 aromatic rings. The zero-order valence-electron chi connectivity index (χ0n) is 14.9. The maximum atomic E-state index is 12.5. The Morgan fingerprint density at radius 3 is 2.80 bits per heavy atom. The van der Waals surface area contributed by atoms with Gasteiger partial charge in [0.15, 0.2) is 0 Å². The van der Waals surface area contributed by atoms with E-state index in [9.17, 15) is 9.59 Å². The van der Waals surface area contributed by atoms with Gasteiger partial charge in [0.25, 0.3) is 5.56 Å². The summed E-state index contributed by atoms with van der Waals surface area (Å²) in [6, 6.07) is 5.40. The number of aromatic amines is 2. The highest BCUT2D eigenvalue weighted by Gasteiger charge is 2.35. The van der Waals surface area contributed by atoms with E-state index in [-0.39, 0.29) is 23.9 Å². The van der Waals surface area contributed by atoms with E-state index in [1.165, 1.54) is 0 Å². The van der Waals surface area contributed by atoms with E-state index >= 15 is 0 Å². The lowest BCUT2D eigenvalue weighted by Crippen LogP contribution is -2.41. The number of hydrogen-bond donors (Lipinski definition) is 3. The number of H-pyrrole nitrogens is 2. The number of rotatable bonds is 4. The van der Waals surface area contributed by atoms with Crippen molar-refractivity contribution < 1.29 is 14.3 Å². The van der Waals surface area contributed by atoms with Crippen molar-refractivity contribution in [2.24, 2.45) is 0 Å². The molecule has 1 aromatic carbocycles. The molecule has 1 atom stereocenters. The highest BCUT2D eigenvalue weighted by Crippen LogP contribution is 2.41. The van der Waals surface area contributed by atoms with Crippen LogP contribution < -0.4 is 20.3 Å². The molecular formula is C18H23N3O4. The Balaban J connectivity index is 1.82. The average molecular weight is 345 g/mol. The summed E-state index contributed by atoms with van der Waals surface area (Å²) in [6.45, 7) is 5.73. The first-order chi connectivity index (χ1) is 11.8. The van der Waals surface area contributed by atoms with Gasteiger partial charge >= 0.3 is 0 Å². The lowest BCUT2D eigenvalue weighted by molar-refractivity contribution is -0.121. The molecule has 7 heteroatoms. The van der Waals surface area contributed by atoms with Gasteiger partial charge in [-0.15, -0.1) is 0 Å². The second-order valence-electron chi connectivity index (χ2n) is 6.95. The highest BCUT2D eigenvalue weighted by molar-refractivity contribution is 5.79. The van der Waals surface area contributed by atoms with Crippen molar-refractivity contribution in [3.8, 4) is 11.5 Å². The molecule has 0 unspecified atom stereocenters. The first kappa shape index (κ1) is 17.1. The molecule has 0 saturated heterocycles. The third kappa shape index (κ3) is 3.55. The van der Waals surface area contributed by atoms with Crippen LogP contribution in [0.2, 0.25) is 0 Å². The number of methoxy groups -OCH3 is 1. The molecule has 134 valence electrons. The zero-order chi connectivity index (χ0) is 18.2. The third-order valence-electron chi connectivity index (χ3n) is 4.44. The molecule has 0 fully saturated rings. The molecule has 0 spiro atoms. The minimum atomic E-state index is -0.418. The van der Waals surface area contributed by atoms with Gasteiger partial charge in [0.2, 0.25) is 5.91 Å². The number of fused-ring (bicyclic) bond motifs is 1. The molecule has 0 radical (unpaired) electrons. The summed E-state index contributed by atoms with van der Waals surface area (Å²) < 4.78 is 11.3. The molecule has 1 aromatic heterocycles. The van der Waals surface area contributed by atoms with Crippen LogP contribution in [-0.2, 0) is 11.2 Å². The first-order valence-corrected chi connectivity index (χ1v) is 8.21. The van der Waals surface area contributed by atoms with Crippen LogP contribution in [0.4, 0.5) is 0 Å². The van der Waals surface area contributed by atoms with Gasteiger partial charge in [0.05, 0.1) is 19.6 Å². The summed E-state index contributed by atoms with van der Waals surface area (Å²) in [6.07, 6.45) is 0.675. The monoisotopic (exact) mass is 345 g/mol. The van der Waals surface area contributed by atoms with Crippen molar-refractivity contribution in [2.45, 2.75) is 45.3 Å². The fourth-order valence-electron chi connectivity index (χ4n) is 3.18. The number of ether oxygens (including phenoxy) is 2. The molecule has 1 aliphatic heterocycles. The summed E-state index contributed by atoms with van der Waals surface area (Å²) in [5.41, 5.74) is 1.37. The van der Waals surface area contributed by atoms with Gasteiger partial charge in [-0.1, -0.05) is 0 Å². The van der Waals surface area contributed by atoms with Crippen LogP contribution in [0.3, 0.4) is 0 Å². The van der Waals surface area contributed by atoms with Crippen molar-refractivity contribution >= 4 is 5.91 Å². The maximum absolute atomic E-state index is 12.5. The lowest BCUT2D eigenvalue weighted by Gasteiger charge is -2.38. The average Bonchev–Trinajstić information content (AvgIpc) is 2.85. The number of nitrogens with one attached hydrogen (secondary N) is 3. The van der Waals surface area contributed by atoms with E-state index in [2.05, 4.69) is 15.5 Å². The minimum absolute atomic E-state index is 0.0357. The second-order valence-corrected chi connectivity index (χ2v) is 6.95. The quantitative estimate of drug-likeness (QED) is 0.789. The van der Waals surface area contributed by atoms with Gasteiger partial charge < -0.3 is 19.9 Å². The van der Waals surface area contributed by atoms with Gasteiger partial charge in [-0.3, -0.25) is 14.7 Å². The zero-order valence-corrected chi connectivity index (χ0v) is 14.9. The topological polar surface area (TPSA) is 96.2 Å². The van der Waals surface area contributed by atoms with Crippen molar-refractivity contribution in [1.29, 1.82) is 0 Å². The SMILES string of the molecule is COc1ccc2c(c1)OC(C)(C)C[C@H]2NC(=O)Cc1c(C)[nH][nH]c1=O. The second kappa shape index (κ2) is 6.31. The van der Waals surface area contributed by atoms with Gasteiger partial charge in [0, 0.05) is 29.3 Å². The molecule has 0 saturated carbocycles. The highest BCUT2D eigenvalue weighted by atomic mass is 16.5. The summed E-state index contributed by atoms with van der Waals surface area (Å²) in [5.74, 6) is 1.21. The smallest absolute Gasteiger partial charge is 0.267 e. The summed E-state index contributed by atoms with van der Waals surface area (Å²) in [4.78, 5) is 24.2. The lowest BCUT2D eigenvalue weighted by atomic mass is 9.89. The van der Waals surface area contributed by atoms with E-state index in [4.69, 9.17) is 9.47 Å². The van der Waals surface area contributed by atoms with Crippen LogP contribution in [0.1, 0.15) is 43.1 Å². The van der Waals surface area contributed by atoms with Crippen LogP contribution in [0, 0.1) is 6.92 Å². The third-order valence-corrected chi connectivity index (χ3v) is 4.44. The number of benzene rings is 1. The fourth-order valence-corrected chi connectivity index (χ4v) is 3.18. The Bertz CT molecular complexity index is 850. The van der Waals surface area contributed by atoms with E-state index in [1.807, 2.05) is 32.0 Å². The van der Waals surface area contributed by atoms with Gasteiger partial charge in [-0.05, 0) is 32.9 Å². The van der Waals surface area contributed by atoms with Crippen LogP contribution in [0.5, 0.6) is 11.5 Å². The van der Waals surface area contributed by atoms with Crippen molar-refractivity contribution in [3.63, 3.8) is 0 Å². The van der Waals surface area contributed by atoms with Crippen LogP contribution in [0.25, 0.3) is 0 Å². The standard InChI is InChI=1S/C18H23N3O4/c1-10-13(17(23)21-20-10)8-16(22)19-14-9-18(2,3)25-15-7-11(24-4)5-6-12(14)15/h5-7,14H,8-9H2,1-4H3,(H,19,22)(H2,20,21,23)/t14-/m1/s1. The van der Waals surface area contributed by atoms with E-state index in [0.29, 0.717) is 29.2 Å².